The molecule has 1 amide bonds. The third kappa shape index (κ3) is 3.17. The Kier molecular flexibility index (Phi) is 5.04. The predicted octanol–water partition coefficient (Wildman–Crippen LogP) is 1.82. The summed E-state index contributed by atoms with van der Waals surface area (Å²) in [6, 6.07) is 3.46. The number of hydrogen-bond acceptors (Lipinski definition) is 2. The molecule has 0 saturated carbocycles. The molecule has 0 bridgehead atoms. The van der Waals surface area contributed by atoms with Crippen LogP contribution in [0.3, 0.4) is 0 Å². The van der Waals surface area contributed by atoms with E-state index in [1.807, 2.05) is 6.92 Å². The molecule has 1 fully saturated rings. The smallest absolute Gasteiger partial charge is 0.254 e. The van der Waals surface area contributed by atoms with E-state index < -0.39 is 11.6 Å². The molecule has 1 atom stereocenters. The number of amides is 1. The zero-order chi connectivity index (χ0) is 12.4. The lowest BCUT2D eigenvalue weighted by Crippen LogP contribution is -2.51. The van der Waals surface area contributed by atoms with Crippen LogP contribution in [-0.2, 0) is 0 Å². The first-order valence-electron chi connectivity index (χ1n) is 5.55. The van der Waals surface area contributed by atoms with Crippen LogP contribution < -0.4 is 5.32 Å². The number of halogens is 3. The Labute approximate surface area is 111 Å². The van der Waals surface area contributed by atoms with Gasteiger partial charge in [-0.05, 0) is 25.1 Å². The fraction of sp³-hybridized carbons (Fsp3) is 0.417. The minimum absolute atomic E-state index is 0. The highest BCUT2D eigenvalue weighted by molar-refractivity contribution is 5.94. The summed E-state index contributed by atoms with van der Waals surface area (Å²) in [5, 5.41) is 3.21. The van der Waals surface area contributed by atoms with Gasteiger partial charge in [-0.1, -0.05) is 0 Å². The summed E-state index contributed by atoms with van der Waals surface area (Å²) in [4.78, 5) is 13.7. The highest BCUT2D eigenvalue weighted by Gasteiger charge is 2.22. The maximum Gasteiger partial charge on any atom is 0.254 e. The van der Waals surface area contributed by atoms with Crippen molar-refractivity contribution in [3.63, 3.8) is 0 Å². The van der Waals surface area contributed by atoms with Crippen LogP contribution in [0.2, 0.25) is 0 Å². The Morgan fingerprint density at radius 2 is 2.11 bits per heavy atom. The maximum absolute atomic E-state index is 13.0. The van der Waals surface area contributed by atoms with E-state index in [9.17, 15) is 13.6 Å². The lowest BCUT2D eigenvalue weighted by Gasteiger charge is -2.31. The first-order valence-corrected chi connectivity index (χ1v) is 5.55. The zero-order valence-corrected chi connectivity index (χ0v) is 10.8. The van der Waals surface area contributed by atoms with E-state index in [4.69, 9.17) is 0 Å². The van der Waals surface area contributed by atoms with Crippen molar-refractivity contribution in [2.24, 2.45) is 0 Å². The number of carbonyl (C=O) groups excluding carboxylic acids is 1. The molecule has 1 heterocycles. The largest absolute Gasteiger partial charge is 0.336 e. The molecule has 6 heteroatoms. The number of rotatable bonds is 1. The first-order chi connectivity index (χ1) is 8.08. The molecule has 1 aliphatic heterocycles. The van der Waals surface area contributed by atoms with Crippen molar-refractivity contribution >= 4 is 18.3 Å². The van der Waals surface area contributed by atoms with Crippen molar-refractivity contribution < 1.29 is 13.6 Å². The van der Waals surface area contributed by atoms with E-state index in [-0.39, 0.29) is 29.9 Å². The molecule has 1 saturated heterocycles. The summed E-state index contributed by atoms with van der Waals surface area (Å²) < 4.78 is 25.8. The third-order valence-corrected chi connectivity index (χ3v) is 2.82. The fourth-order valence-electron chi connectivity index (χ4n) is 1.93. The van der Waals surface area contributed by atoms with Crippen LogP contribution in [0, 0.1) is 11.6 Å². The number of carbonyl (C=O) groups is 1. The molecule has 0 aliphatic carbocycles. The van der Waals surface area contributed by atoms with Crippen LogP contribution in [0.5, 0.6) is 0 Å². The second kappa shape index (κ2) is 6.11. The van der Waals surface area contributed by atoms with Crippen molar-refractivity contribution in [3.8, 4) is 0 Å². The van der Waals surface area contributed by atoms with Gasteiger partial charge < -0.3 is 10.2 Å². The van der Waals surface area contributed by atoms with E-state index >= 15 is 0 Å². The van der Waals surface area contributed by atoms with Gasteiger partial charge in [-0.2, -0.15) is 0 Å². The monoisotopic (exact) mass is 276 g/mol. The minimum Gasteiger partial charge on any atom is -0.336 e. The molecule has 1 aliphatic rings. The third-order valence-electron chi connectivity index (χ3n) is 2.82. The predicted molar refractivity (Wildman–Crippen MR) is 67.0 cm³/mol. The Morgan fingerprint density at radius 3 is 2.72 bits per heavy atom. The van der Waals surface area contributed by atoms with Crippen molar-refractivity contribution in [1.29, 1.82) is 0 Å². The van der Waals surface area contributed by atoms with Crippen molar-refractivity contribution in [2.75, 3.05) is 19.6 Å². The van der Waals surface area contributed by atoms with Crippen LogP contribution in [-0.4, -0.2) is 36.5 Å². The maximum atomic E-state index is 13.0. The number of piperazine rings is 1. The average molecular weight is 277 g/mol. The molecule has 0 aromatic heterocycles. The van der Waals surface area contributed by atoms with Gasteiger partial charge >= 0.3 is 0 Å². The van der Waals surface area contributed by atoms with Crippen LogP contribution in [0.25, 0.3) is 0 Å². The van der Waals surface area contributed by atoms with Gasteiger partial charge in [0, 0.05) is 31.2 Å². The number of nitrogens with one attached hydrogen (secondary N) is 1. The van der Waals surface area contributed by atoms with Gasteiger partial charge in [0.1, 0.15) is 0 Å². The Hall–Kier alpha value is -1.20. The second-order valence-corrected chi connectivity index (χ2v) is 4.24. The molecular formula is C12H15ClF2N2O. The summed E-state index contributed by atoms with van der Waals surface area (Å²) in [6.07, 6.45) is 0. The van der Waals surface area contributed by atoms with Crippen molar-refractivity contribution in [1.82, 2.24) is 10.2 Å². The first kappa shape index (κ1) is 14.9. The van der Waals surface area contributed by atoms with E-state index in [0.717, 1.165) is 18.7 Å². The lowest BCUT2D eigenvalue weighted by atomic mass is 10.1. The molecule has 1 aromatic carbocycles. The van der Waals surface area contributed by atoms with Crippen molar-refractivity contribution in [2.45, 2.75) is 13.0 Å². The summed E-state index contributed by atoms with van der Waals surface area (Å²) in [5.74, 6) is -2.17. The van der Waals surface area contributed by atoms with Crippen LogP contribution in [0.1, 0.15) is 17.3 Å². The second-order valence-electron chi connectivity index (χ2n) is 4.24. The Bertz CT molecular complexity index is 442. The van der Waals surface area contributed by atoms with E-state index in [0.29, 0.717) is 13.1 Å². The van der Waals surface area contributed by atoms with E-state index in [2.05, 4.69) is 5.32 Å². The molecular weight excluding hydrogens is 262 g/mol. The van der Waals surface area contributed by atoms with E-state index in [1.54, 1.807) is 4.90 Å². The van der Waals surface area contributed by atoms with Crippen LogP contribution >= 0.6 is 12.4 Å². The van der Waals surface area contributed by atoms with Gasteiger partial charge in [-0.25, -0.2) is 8.78 Å². The zero-order valence-electron chi connectivity index (χ0n) is 9.95. The molecule has 1 unspecified atom stereocenters. The van der Waals surface area contributed by atoms with Gasteiger partial charge in [0.15, 0.2) is 11.6 Å². The molecule has 1 N–H and O–H groups in total. The van der Waals surface area contributed by atoms with E-state index in [1.165, 1.54) is 6.07 Å². The lowest BCUT2D eigenvalue weighted by molar-refractivity contribution is 0.0708. The van der Waals surface area contributed by atoms with Crippen LogP contribution in [0.4, 0.5) is 8.78 Å². The number of nitrogens with zero attached hydrogens (tertiary/aromatic N) is 1. The van der Waals surface area contributed by atoms with Crippen LogP contribution in [0.15, 0.2) is 18.2 Å². The highest BCUT2D eigenvalue weighted by Crippen LogP contribution is 2.12. The molecule has 3 nitrogen and oxygen atoms in total. The SMILES string of the molecule is CC1CN(C(=O)c2ccc(F)c(F)c2)CCN1.Cl. The summed E-state index contributed by atoms with van der Waals surface area (Å²) in [6.45, 7) is 3.86. The van der Waals surface area contributed by atoms with Gasteiger partial charge in [0.25, 0.3) is 5.91 Å². The topological polar surface area (TPSA) is 32.3 Å². The quantitative estimate of drug-likeness (QED) is 0.849. The van der Waals surface area contributed by atoms with Gasteiger partial charge in [-0.3, -0.25) is 4.79 Å². The molecule has 18 heavy (non-hydrogen) atoms. The van der Waals surface area contributed by atoms with Gasteiger partial charge in [0.05, 0.1) is 0 Å². The Balaban J connectivity index is 0.00000162. The van der Waals surface area contributed by atoms with Crippen molar-refractivity contribution in [3.05, 3.63) is 35.4 Å². The fourth-order valence-corrected chi connectivity index (χ4v) is 1.93. The minimum atomic E-state index is -0.987. The molecule has 0 spiro atoms. The summed E-state index contributed by atoms with van der Waals surface area (Å²) >= 11 is 0. The van der Waals surface area contributed by atoms with Gasteiger partial charge in [-0.15, -0.1) is 12.4 Å². The van der Waals surface area contributed by atoms with Gasteiger partial charge in [0.2, 0.25) is 0 Å². The standard InChI is InChI=1S/C12H14F2N2O.ClH/c1-8-7-16(5-4-15-8)12(17)9-2-3-10(13)11(14)6-9;/h2-3,6,8,15H,4-5,7H2,1H3;1H. The molecule has 2 rings (SSSR count). The Morgan fingerprint density at radius 1 is 1.39 bits per heavy atom. The summed E-state index contributed by atoms with van der Waals surface area (Å²) in [7, 11) is 0. The summed E-state index contributed by atoms with van der Waals surface area (Å²) in [5.41, 5.74) is 0.193. The average Bonchev–Trinajstić information content (AvgIpc) is 2.32. The normalized spacial score (nSPS) is 19.3. The number of benzene rings is 1. The molecule has 1 aromatic rings. The highest BCUT2D eigenvalue weighted by atomic mass is 35.5. The number of hydrogen-bond donors (Lipinski definition) is 1. The molecule has 100 valence electrons. The molecule has 0 radical (unpaired) electrons.